The van der Waals surface area contributed by atoms with Crippen molar-refractivity contribution in [2.45, 2.75) is 4.90 Å². The maximum atomic E-state index is 12.6. The molecule has 3 rings (SSSR count). The number of aromatic nitrogens is 1. The summed E-state index contributed by atoms with van der Waals surface area (Å²) in [5.74, 6) is 0. The number of hydrogen-bond donors (Lipinski definition) is 2. The van der Waals surface area contributed by atoms with Crippen molar-refractivity contribution in [3.8, 4) is 0 Å². The van der Waals surface area contributed by atoms with Crippen LogP contribution in [-0.2, 0) is 10.0 Å². The summed E-state index contributed by atoms with van der Waals surface area (Å²) in [4.78, 5) is 4.31. The van der Waals surface area contributed by atoms with Crippen molar-refractivity contribution in [2.24, 2.45) is 0 Å². The van der Waals surface area contributed by atoms with Gasteiger partial charge in [0.05, 0.1) is 4.90 Å². The lowest BCUT2D eigenvalue weighted by Gasteiger charge is -2.09. The van der Waals surface area contributed by atoms with Crippen molar-refractivity contribution >= 4 is 76.8 Å². The highest BCUT2D eigenvalue weighted by Gasteiger charge is 2.16. The lowest BCUT2D eigenvalue weighted by Crippen LogP contribution is -2.32. The van der Waals surface area contributed by atoms with Crippen LogP contribution in [0.15, 0.2) is 76.4 Å². The number of halogens is 3. The number of nitrogens with one attached hydrogen (secondary N) is 2. The van der Waals surface area contributed by atoms with Crippen LogP contribution in [0.1, 0.15) is 5.56 Å². The average molecular weight is 608 g/mol. The molecule has 1 heterocycles. The fourth-order valence-corrected chi connectivity index (χ4v) is 4.16. The number of sulfonamides is 1. The van der Waals surface area contributed by atoms with Crippen molar-refractivity contribution in [3.63, 3.8) is 0 Å². The van der Waals surface area contributed by atoms with Gasteiger partial charge in [0.15, 0.2) is 0 Å². The van der Waals surface area contributed by atoms with Crippen LogP contribution >= 0.6 is 49.9 Å². The molecule has 0 aliphatic rings. The van der Waals surface area contributed by atoms with Crippen molar-refractivity contribution in [2.75, 3.05) is 19.6 Å². The van der Waals surface area contributed by atoms with Gasteiger partial charge in [-0.05, 0) is 29.8 Å². The second kappa shape index (κ2) is 12.6. The SMILES string of the molecule is Br.Br.O=S(=O)(NCCNC/C=C/c1ccc(Br)cc1)c1cccc2cnccc12. The molecule has 29 heavy (non-hydrogen) atoms. The van der Waals surface area contributed by atoms with Gasteiger partial charge in [-0.3, -0.25) is 4.98 Å². The first-order valence-corrected chi connectivity index (χ1v) is 10.8. The number of hydrogen-bond acceptors (Lipinski definition) is 4. The molecule has 2 N–H and O–H groups in total. The molecule has 2 aromatic carbocycles. The quantitative estimate of drug-likeness (QED) is 0.363. The zero-order valence-electron chi connectivity index (χ0n) is 15.4. The van der Waals surface area contributed by atoms with Gasteiger partial charge in [0, 0.05) is 47.3 Å². The van der Waals surface area contributed by atoms with Gasteiger partial charge in [0.2, 0.25) is 10.0 Å². The highest BCUT2D eigenvalue weighted by molar-refractivity contribution is 9.10. The lowest BCUT2D eigenvalue weighted by molar-refractivity contribution is 0.579. The van der Waals surface area contributed by atoms with Gasteiger partial charge < -0.3 is 5.32 Å². The summed E-state index contributed by atoms with van der Waals surface area (Å²) in [6, 6.07) is 14.9. The Balaban J connectivity index is 0.00000210. The van der Waals surface area contributed by atoms with E-state index in [9.17, 15) is 8.42 Å². The van der Waals surface area contributed by atoms with Gasteiger partial charge in [-0.25, -0.2) is 13.1 Å². The number of benzene rings is 2. The first-order chi connectivity index (χ1) is 13.1. The Kier molecular flexibility index (Phi) is 11.2. The van der Waals surface area contributed by atoms with Crippen LogP contribution in [0.3, 0.4) is 0 Å². The Bertz CT molecular complexity index is 1040. The molecule has 0 radical (unpaired) electrons. The molecule has 0 bridgehead atoms. The second-order valence-electron chi connectivity index (χ2n) is 5.91. The Morgan fingerprint density at radius 2 is 1.76 bits per heavy atom. The standard InChI is InChI=1S/C20H20BrN3O2S.2BrH/c21-18-8-6-16(7-9-18)3-2-11-22-13-14-24-27(25,26)20-5-1-4-17-15-23-12-10-19(17)20;;/h1-10,12,15,22,24H,11,13-14H2;2*1H/b3-2+;;. The molecule has 1 aromatic heterocycles. The number of nitrogens with zero attached hydrogens (tertiary/aromatic N) is 1. The van der Waals surface area contributed by atoms with Crippen LogP contribution in [0, 0.1) is 0 Å². The molecular formula is C20H22Br3N3O2S. The molecule has 0 atom stereocenters. The van der Waals surface area contributed by atoms with E-state index in [0.717, 1.165) is 15.4 Å². The predicted octanol–water partition coefficient (Wildman–Crippen LogP) is 4.73. The summed E-state index contributed by atoms with van der Waals surface area (Å²) < 4.78 is 28.8. The van der Waals surface area contributed by atoms with Crippen molar-refractivity contribution < 1.29 is 8.42 Å². The van der Waals surface area contributed by atoms with E-state index >= 15 is 0 Å². The maximum Gasteiger partial charge on any atom is 0.241 e. The van der Waals surface area contributed by atoms with Crippen LogP contribution in [-0.4, -0.2) is 33.0 Å². The highest BCUT2D eigenvalue weighted by Crippen LogP contribution is 2.21. The van der Waals surface area contributed by atoms with Gasteiger partial charge >= 0.3 is 0 Å². The largest absolute Gasteiger partial charge is 0.312 e. The van der Waals surface area contributed by atoms with E-state index in [1.807, 2.05) is 42.5 Å². The molecule has 5 nitrogen and oxygen atoms in total. The topological polar surface area (TPSA) is 71.1 Å². The zero-order valence-corrected chi connectivity index (χ0v) is 21.2. The summed E-state index contributed by atoms with van der Waals surface area (Å²) in [6.45, 7) is 1.52. The van der Waals surface area contributed by atoms with E-state index in [1.165, 1.54) is 0 Å². The molecule has 0 unspecified atom stereocenters. The number of fused-ring (bicyclic) bond motifs is 1. The molecule has 0 fully saturated rings. The van der Waals surface area contributed by atoms with E-state index in [2.05, 4.69) is 31.0 Å². The zero-order chi connectivity index (χ0) is 19.1. The number of rotatable bonds is 8. The minimum absolute atomic E-state index is 0. The Labute approximate surface area is 200 Å². The summed E-state index contributed by atoms with van der Waals surface area (Å²) in [5.41, 5.74) is 1.12. The molecule has 156 valence electrons. The van der Waals surface area contributed by atoms with Gasteiger partial charge in [0.1, 0.15) is 0 Å². The minimum atomic E-state index is -3.57. The molecule has 0 spiro atoms. The van der Waals surface area contributed by atoms with Crippen molar-refractivity contribution in [3.05, 3.63) is 77.0 Å². The van der Waals surface area contributed by atoms with Crippen molar-refractivity contribution in [1.82, 2.24) is 15.0 Å². The molecule has 9 heteroatoms. The summed E-state index contributed by atoms with van der Waals surface area (Å²) in [5, 5.41) is 4.67. The second-order valence-corrected chi connectivity index (χ2v) is 8.56. The number of pyridine rings is 1. The van der Waals surface area contributed by atoms with Crippen LogP contribution in [0.5, 0.6) is 0 Å². The smallest absolute Gasteiger partial charge is 0.241 e. The molecular weight excluding hydrogens is 586 g/mol. The van der Waals surface area contributed by atoms with Crippen molar-refractivity contribution in [1.29, 1.82) is 0 Å². The Morgan fingerprint density at radius 1 is 1.00 bits per heavy atom. The normalized spacial score (nSPS) is 11.2. The first kappa shape index (κ1) is 25.9. The van der Waals surface area contributed by atoms with Crippen LogP contribution in [0.25, 0.3) is 16.8 Å². The van der Waals surface area contributed by atoms with E-state index in [4.69, 9.17) is 0 Å². The van der Waals surface area contributed by atoms with E-state index in [1.54, 1.807) is 30.6 Å². The van der Waals surface area contributed by atoms with Gasteiger partial charge in [-0.2, -0.15) is 0 Å². The van der Waals surface area contributed by atoms with Crippen LogP contribution in [0.2, 0.25) is 0 Å². The lowest BCUT2D eigenvalue weighted by atomic mass is 10.2. The van der Waals surface area contributed by atoms with E-state index in [-0.39, 0.29) is 38.9 Å². The molecule has 0 saturated carbocycles. The monoisotopic (exact) mass is 605 g/mol. The summed E-state index contributed by atoms with van der Waals surface area (Å²) in [7, 11) is -3.57. The van der Waals surface area contributed by atoms with Gasteiger partial charge in [-0.1, -0.05) is 52.3 Å². The first-order valence-electron chi connectivity index (χ1n) is 8.51. The van der Waals surface area contributed by atoms with Gasteiger partial charge in [0.25, 0.3) is 0 Å². The fraction of sp³-hybridized carbons (Fsp3) is 0.150. The predicted molar refractivity (Wildman–Crippen MR) is 134 cm³/mol. The molecule has 0 aliphatic heterocycles. The highest BCUT2D eigenvalue weighted by atomic mass is 79.9. The van der Waals surface area contributed by atoms with E-state index < -0.39 is 10.0 Å². The molecule has 0 aliphatic carbocycles. The summed E-state index contributed by atoms with van der Waals surface area (Å²) >= 11 is 3.41. The molecule has 0 saturated heterocycles. The average Bonchev–Trinajstić information content (AvgIpc) is 2.68. The molecule has 0 amide bonds. The third-order valence-corrected chi connectivity index (χ3v) is 6.01. The molecule has 3 aromatic rings. The van der Waals surface area contributed by atoms with Crippen LogP contribution in [0.4, 0.5) is 0 Å². The van der Waals surface area contributed by atoms with Gasteiger partial charge in [-0.15, -0.1) is 34.0 Å². The Morgan fingerprint density at radius 3 is 2.52 bits per heavy atom. The maximum absolute atomic E-state index is 12.6. The third-order valence-electron chi connectivity index (χ3n) is 3.97. The van der Waals surface area contributed by atoms with Crippen LogP contribution < -0.4 is 10.0 Å². The Hall–Kier alpha value is -1.10. The third kappa shape index (κ3) is 7.58. The van der Waals surface area contributed by atoms with E-state index in [0.29, 0.717) is 25.0 Å². The minimum Gasteiger partial charge on any atom is -0.312 e. The summed E-state index contributed by atoms with van der Waals surface area (Å²) in [6.07, 6.45) is 7.29. The fourth-order valence-electron chi connectivity index (χ4n) is 2.63.